The molecule has 1 heterocycles. The van der Waals surface area contributed by atoms with Gasteiger partial charge in [-0.2, -0.15) is 13.2 Å². The first-order valence-electron chi connectivity index (χ1n) is 12.7. The first-order valence-corrected chi connectivity index (χ1v) is 12.7. The van der Waals surface area contributed by atoms with Crippen molar-refractivity contribution in [3.8, 4) is 0 Å². The minimum atomic E-state index is -4.52. The van der Waals surface area contributed by atoms with E-state index in [0.717, 1.165) is 36.2 Å². The quantitative estimate of drug-likeness (QED) is 0.447. The smallest absolute Gasteiger partial charge is 0.378 e. The van der Waals surface area contributed by atoms with E-state index < -0.39 is 23.7 Å². The molecule has 1 saturated carbocycles. The zero-order valence-corrected chi connectivity index (χ0v) is 20.8. The lowest BCUT2D eigenvalue weighted by atomic mass is 10.0. The van der Waals surface area contributed by atoms with E-state index >= 15 is 0 Å². The summed E-state index contributed by atoms with van der Waals surface area (Å²) in [5.41, 5.74) is 0.159. The van der Waals surface area contributed by atoms with Gasteiger partial charge in [0, 0.05) is 31.5 Å². The second kappa shape index (κ2) is 12.1. The first-order chi connectivity index (χ1) is 18.1. The normalized spacial score (nSPS) is 20.1. The van der Waals surface area contributed by atoms with Crippen molar-refractivity contribution in [1.29, 1.82) is 0 Å². The predicted octanol–water partition coefficient (Wildman–Crippen LogP) is 4.73. The summed E-state index contributed by atoms with van der Waals surface area (Å²) in [7, 11) is 0. The summed E-state index contributed by atoms with van der Waals surface area (Å²) in [6, 6.07) is 9.19. The number of hydrogen-bond acceptors (Lipinski definition) is 4. The van der Waals surface area contributed by atoms with Crippen molar-refractivity contribution in [2.24, 2.45) is 5.92 Å². The average Bonchev–Trinajstić information content (AvgIpc) is 3.66. The van der Waals surface area contributed by atoms with Crippen LogP contribution in [0.3, 0.4) is 0 Å². The summed E-state index contributed by atoms with van der Waals surface area (Å²) in [6.07, 6.45) is -2.40. The predicted molar refractivity (Wildman–Crippen MR) is 131 cm³/mol. The molecule has 2 aromatic rings. The molecule has 204 valence electrons. The Balaban J connectivity index is 1.31. The third kappa shape index (κ3) is 7.40. The van der Waals surface area contributed by atoms with Crippen molar-refractivity contribution >= 4 is 17.6 Å². The summed E-state index contributed by atoms with van der Waals surface area (Å²) in [4.78, 5) is 40.1. The van der Waals surface area contributed by atoms with Crippen LogP contribution >= 0.6 is 0 Å². The number of carbonyl (C=O) groups excluding carboxylic acids is 3. The van der Waals surface area contributed by atoms with Crippen molar-refractivity contribution in [3.05, 3.63) is 71.0 Å². The van der Waals surface area contributed by atoms with Crippen molar-refractivity contribution in [3.63, 3.8) is 0 Å². The van der Waals surface area contributed by atoms with Crippen LogP contribution in [0, 0.1) is 11.7 Å². The van der Waals surface area contributed by atoms with Gasteiger partial charge >= 0.3 is 6.18 Å². The highest BCUT2D eigenvalue weighted by Gasteiger charge is 2.39. The molecular formula is C28H30F4N2O4. The van der Waals surface area contributed by atoms with E-state index in [1.54, 1.807) is 17.0 Å². The van der Waals surface area contributed by atoms with Crippen LogP contribution in [0.2, 0.25) is 0 Å². The van der Waals surface area contributed by atoms with E-state index in [0.29, 0.717) is 39.1 Å². The summed E-state index contributed by atoms with van der Waals surface area (Å²) in [6.45, 7) is 1.49. The Kier molecular flexibility index (Phi) is 8.81. The SMILES string of the molecule is O=C(CCC[C@H](NC(=O)c1ccc(C(F)(F)F)cc1)C(=O)N1CCOCC1)CC1C[C@H]1c1ccc(F)cc1. The van der Waals surface area contributed by atoms with E-state index in [-0.39, 0.29) is 47.7 Å². The van der Waals surface area contributed by atoms with Gasteiger partial charge < -0.3 is 15.0 Å². The number of alkyl halides is 3. The molecular weight excluding hydrogens is 504 g/mol. The van der Waals surface area contributed by atoms with Gasteiger partial charge in [0.05, 0.1) is 18.8 Å². The van der Waals surface area contributed by atoms with Gasteiger partial charge in [0.15, 0.2) is 0 Å². The summed E-state index contributed by atoms with van der Waals surface area (Å²) in [5, 5.41) is 2.65. The highest BCUT2D eigenvalue weighted by atomic mass is 19.4. The van der Waals surface area contributed by atoms with Gasteiger partial charge in [-0.25, -0.2) is 4.39 Å². The molecule has 0 radical (unpaired) electrons. The van der Waals surface area contributed by atoms with Crippen molar-refractivity contribution in [2.75, 3.05) is 26.3 Å². The summed E-state index contributed by atoms with van der Waals surface area (Å²) >= 11 is 0. The van der Waals surface area contributed by atoms with Gasteiger partial charge in [-0.15, -0.1) is 0 Å². The third-order valence-corrected chi connectivity index (χ3v) is 7.06. The van der Waals surface area contributed by atoms with Crippen molar-refractivity contribution < 1.29 is 36.7 Å². The van der Waals surface area contributed by atoms with Crippen LogP contribution in [-0.4, -0.2) is 54.8 Å². The molecule has 4 rings (SSSR count). The number of ketones is 1. The fourth-order valence-electron chi connectivity index (χ4n) is 4.80. The number of amides is 2. The minimum absolute atomic E-state index is 0.00872. The number of ether oxygens (including phenoxy) is 1. The molecule has 2 aromatic carbocycles. The second-order valence-electron chi connectivity index (χ2n) is 9.83. The largest absolute Gasteiger partial charge is 0.416 e. The maximum absolute atomic E-state index is 13.1. The Morgan fingerprint density at radius 1 is 1.00 bits per heavy atom. The zero-order valence-electron chi connectivity index (χ0n) is 20.8. The number of carbonyl (C=O) groups is 3. The molecule has 2 amide bonds. The molecule has 0 spiro atoms. The molecule has 1 aliphatic carbocycles. The fraction of sp³-hybridized carbons (Fsp3) is 0.464. The number of nitrogens with zero attached hydrogens (tertiary/aromatic N) is 1. The number of halogens is 4. The number of hydrogen-bond donors (Lipinski definition) is 1. The molecule has 1 N–H and O–H groups in total. The molecule has 0 bridgehead atoms. The van der Waals surface area contributed by atoms with Crippen molar-refractivity contribution in [2.45, 2.75) is 50.2 Å². The Bertz CT molecular complexity index is 1130. The van der Waals surface area contributed by atoms with Crippen molar-refractivity contribution in [1.82, 2.24) is 10.2 Å². The number of benzene rings is 2. The maximum Gasteiger partial charge on any atom is 0.416 e. The molecule has 38 heavy (non-hydrogen) atoms. The van der Waals surface area contributed by atoms with Crippen LogP contribution < -0.4 is 5.32 Å². The molecule has 6 nitrogen and oxygen atoms in total. The molecule has 3 atom stereocenters. The Labute approximate surface area is 218 Å². The Morgan fingerprint density at radius 2 is 1.66 bits per heavy atom. The Morgan fingerprint density at radius 3 is 2.29 bits per heavy atom. The third-order valence-electron chi connectivity index (χ3n) is 7.06. The fourth-order valence-corrected chi connectivity index (χ4v) is 4.80. The Hall–Kier alpha value is -3.27. The molecule has 2 fully saturated rings. The lowest BCUT2D eigenvalue weighted by Gasteiger charge is -2.30. The summed E-state index contributed by atoms with van der Waals surface area (Å²) < 4.78 is 57.0. The molecule has 1 unspecified atom stereocenters. The molecule has 1 aliphatic heterocycles. The van der Waals surface area contributed by atoms with Crippen LogP contribution in [0.15, 0.2) is 48.5 Å². The van der Waals surface area contributed by atoms with Gasteiger partial charge in [-0.05, 0) is 73.1 Å². The van der Waals surface area contributed by atoms with E-state index in [9.17, 15) is 31.9 Å². The first kappa shape index (κ1) is 27.8. The highest BCUT2D eigenvalue weighted by Crippen LogP contribution is 2.49. The van der Waals surface area contributed by atoms with E-state index in [2.05, 4.69) is 5.32 Å². The van der Waals surface area contributed by atoms with E-state index in [1.807, 2.05) is 0 Å². The van der Waals surface area contributed by atoms with Crippen LogP contribution in [0.1, 0.15) is 59.5 Å². The lowest BCUT2D eigenvalue weighted by Crippen LogP contribution is -2.51. The number of nitrogens with one attached hydrogen (secondary N) is 1. The number of rotatable bonds is 10. The van der Waals surface area contributed by atoms with Crippen LogP contribution in [0.25, 0.3) is 0 Å². The molecule has 1 saturated heterocycles. The van der Waals surface area contributed by atoms with Gasteiger partial charge in [0.25, 0.3) is 5.91 Å². The van der Waals surface area contributed by atoms with Gasteiger partial charge in [0.1, 0.15) is 17.6 Å². The highest BCUT2D eigenvalue weighted by molar-refractivity contribution is 5.97. The second-order valence-corrected chi connectivity index (χ2v) is 9.83. The zero-order chi connectivity index (χ0) is 27.3. The molecule has 0 aromatic heterocycles. The minimum Gasteiger partial charge on any atom is -0.378 e. The maximum atomic E-state index is 13.1. The van der Waals surface area contributed by atoms with Crippen LogP contribution in [0.4, 0.5) is 17.6 Å². The van der Waals surface area contributed by atoms with Gasteiger partial charge in [-0.1, -0.05) is 12.1 Å². The van der Waals surface area contributed by atoms with Gasteiger partial charge in [-0.3, -0.25) is 14.4 Å². The standard InChI is InChI=1S/C28H30F4N2O4/c29-22-10-6-18(7-11-22)24-17-20(24)16-23(35)2-1-3-25(27(37)34-12-14-38-15-13-34)33-26(36)19-4-8-21(9-5-19)28(30,31)32/h4-11,20,24-25H,1-3,12-17H2,(H,33,36)/t20?,24-,25-/m0/s1. The lowest BCUT2D eigenvalue weighted by molar-refractivity contribution is -0.138. The van der Waals surface area contributed by atoms with Crippen LogP contribution in [-0.2, 0) is 20.5 Å². The summed E-state index contributed by atoms with van der Waals surface area (Å²) in [5.74, 6) is -0.729. The number of Topliss-reactive ketones (excluding diaryl/α,β-unsaturated/α-hetero) is 1. The van der Waals surface area contributed by atoms with E-state index in [4.69, 9.17) is 4.74 Å². The molecule has 10 heteroatoms. The van der Waals surface area contributed by atoms with Gasteiger partial charge in [0.2, 0.25) is 5.91 Å². The average molecular weight is 535 g/mol. The van der Waals surface area contributed by atoms with Crippen LogP contribution in [0.5, 0.6) is 0 Å². The molecule has 2 aliphatic rings. The van der Waals surface area contributed by atoms with E-state index in [1.165, 1.54) is 12.1 Å². The monoisotopic (exact) mass is 534 g/mol. The topological polar surface area (TPSA) is 75.7 Å². The number of morpholine rings is 1.